The van der Waals surface area contributed by atoms with Crippen molar-refractivity contribution >= 4 is 5.78 Å². The average molecular weight is 169 g/mol. The maximum Gasteiger partial charge on any atom is 0.152 e. The average Bonchev–Trinajstić information content (AvgIpc) is 2.49. The second kappa shape index (κ2) is 4.04. The zero-order valence-corrected chi connectivity index (χ0v) is 7.94. The van der Waals surface area contributed by atoms with Crippen molar-refractivity contribution in [2.24, 2.45) is 5.73 Å². The maximum absolute atomic E-state index is 11.6. The molecule has 0 bridgehead atoms. The highest BCUT2D eigenvalue weighted by Crippen LogP contribution is 2.29. The Morgan fingerprint density at radius 1 is 1.42 bits per heavy atom. The van der Waals surface area contributed by atoms with Crippen molar-refractivity contribution in [2.75, 3.05) is 0 Å². The van der Waals surface area contributed by atoms with Crippen LogP contribution in [0.15, 0.2) is 0 Å². The second-order valence-electron chi connectivity index (χ2n) is 3.89. The van der Waals surface area contributed by atoms with Crippen molar-refractivity contribution in [3.8, 4) is 0 Å². The predicted molar refractivity (Wildman–Crippen MR) is 49.9 cm³/mol. The van der Waals surface area contributed by atoms with E-state index in [-0.39, 0.29) is 0 Å². The summed E-state index contributed by atoms with van der Waals surface area (Å²) >= 11 is 0. The Hall–Kier alpha value is -0.370. The zero-order chi connectivity index (χ0) is 9.03. The molecule has 0 aliphatic heterocycles. The normalized spacial score (nSPS) is 21.2. The molecule has 12 heavy (non-hydrogen) atoms. The number of carbonyl (C=O) groups excluding carboxylic acids is 1. The Morgan fingerprint density at radius 2 is 2.00 bits per heavy atom. The first-order chi connectivity index (χ1) is 5.69. The molecule has 0 spiro atoms. The smallest absolute Gasteiger partial charge is 0.152 e. The lowest BCUT2D eigenvalue weighted by Gasteiger charge is -2.21. The fourth-order valence-corrected chi connectivity index (χ4v) is 1.87. The van der Waals surface area contributed by atoms with Gasteiger partial charge in [0.05, 0.1) is 5.54 Å². The lowest BCUT2D eigenvalue weighted by molar-refractivity contribution is -0.124. The molecule has 1 aliphatic rings. The number of unbranched alkanes of at least 4 members (excludes halogenated alkanes) is 1. The van der Waals surface area contributed by atoms with Gasteiger partial charge in [-0.25, -0.2) is 0 Å². The van der Waals surface area contributed by atoms with Crippen LogP contribution in [0.25, 0.3) is 0 Å². The molecule has 0 aromatic carbocycles. The molecule has 0 aromatic rings. The Balaban J connectivity index is 2.39. The van der Waals surface area contributed by atoms with Crippen LogP contribution in [0.3, 0.4) is 0 Å². The van der Waals surface area contributed by atoms with Crippen LogP contribution in [-0.4, -0.2) is 11.3 Å². The summed E-state index contributed by atoms with van der Waals surface area (Å²) < 4.78 is 0. The van der Waals surface area contributed by atoms with Gasteiger partial charge in [-0.05, 0) is 19.3 Å². The first kappa shape index (κ1) is 9.72. The fraction of sp³-hybridized carbons (Fsp3) is 0.900. The molecular formula is C10H19NO. The lowest BCUT2D eigenvalue weighted by Crippen LogP contribution is -2.45. The van der Waals surface area contributed by atoms with E-state index in [1.807, 2.05) is 0 Å². The van der Waals surface area contributed by atoms with E-state index in [0.29, 0.717) is 12.2 Å². The topological polar surface area (TPSA) is 43.1 Å². The van der Waals surface area contributed by atoms with E-state index < -0.39 is 5.54 Å². The van der Waals surface area contributed by atoms with Crippen molar-refractivity contribution < 1.29 is 4.79 Å². The van der Waals surface area contributed by atoms with Crippen molar-refractivity contribution in [1.82, 2.24) is 0 Å². The molecule has 1 aliphatic carbocycles. The summed E-state index contributed by atoms with van der Waals surface area (Å²) in [6.45, 7) is 2.10. The molecule has 2 N–H and O–H groups in total. The van der Waals surface area contributed by atoms with Gasteiger partial charge in [-0.15, -0.1) is 0 Å². The minimum absolute atomic E-state index is 0.293. The molecule has 1 saturated carbocycles. The van der Waals surface area contributed by atoms with Gasteiger partial charge in [0.15, 0.2) is 5.78 Å². The number of hydrogen-bond donors (Lipinski definition) is 1. The SMILES string of the molecule is CCCCC(=O)C1(N)CCCC1. The Bertz CT molecular complexity index is 159. The van der Waals surface area contributed by atoms with Crippen LogP contribution >= 0.6 is 0 Å². The van der Waals surface area contributed by atoms with Gasteiger partial charge in [0.25, 0.3) is 0 Å². The molecule has 0 radical (unpaired) electrons. The summed E-state index contributed by atoms with van der Waals surface area (Å²) in [6.07, 6.45) is 6.86. The van der Waals surface area contributed by atoms with E-state index in [0.717, 1.165) is 38.5 Å². The molecule has 0 atom stereocenters. The van der Waals surface area contributed by atoms with Gasteiger partial charge < -0.3 is 5.73 Å². The van der Waals surface area contributed by atoms with Crippen LogP contribution in [-0.2, 0) is 4.79 Å². The monoisotopic (exact) mass is 169 g/mol. The summed E-state index contributed by atoms with van der Waals surface area (Å²) in [5, 5.41) is 0. The first-order valence-corrected chi connectivity index (χ1v) is 5.01. The van der Waals surface area contributed by atoms with Gasteiger partial charge in [0, 0.05) is 6.42 Å². The highest BCUT2D eigenvalue weighted by atomic mass is 16.1. The number of nitrogens with two attached hydrogens (primary N) is 1. The van der Waals surface area contributed by atoms with Gasteiger partial charge in [0.2, 0.25) is 0 Å². The predicted octanol–water partition coefficient (Wildman–Crippen LogP) is 2.02. The van der Waals surface area contributed by atoms with Crippen LogP contribution < -0.4 is 5.73 Å². The highest BCUT2D eigenvalue weighted by molar-refractivity contribution is 5.88. The number of rotatable bonds is 4. The van der Waals surface area contributed by atoms with Crippen molar-refractivity contribution in [3.63, 3.8) is 0 Å². The summed E-state index contributed by atoms with van der Waals surface area (Å²) in [5.74, 6) is 0.293. The third-order valence-corrected chi connectivity index (χ3v) is 2.81. The highest BCUT2D eigenvalue weighted by Gasteiger charge is 2.35. The lowest BCUT2D eigenvalue weighted by atomic mass is 9.90. The number of Topliss-reactive ketones (excluding diaryl/α,β-unsaturated/α-hetero) is 1. The van der Waals surface area contributed by atoms with Gasteiger partial charge >= 0.3 is 0 Å². The Labute approximate surface area is 74.5 Å². The molecule has 1 rings (SSSR count). The molecule has 0 aromatic heterocycles. The molecule has 0 amide bonds. The molecular weight excluding hydrogens is 150 g/mol. The largest absolute Gasteiger partial charge is 0.319 e. The fourth-order valence-electron chi connectivity index (χ4n) is 1.87. The number of carbonyl (C=O) groups is 1. The van der Waals surface area contributed by atoms with Crippen LogP contribution in [0.4, 0.5) is 0 Å². The maximum atomic E-state index is 11.6. The van der Waals surface area contributed by atoms with Crippen molar-refractivity contribution in [1.29, 1.82) is 0 Å². The third-order valence-electron chi connectivity index (χ3n) is 2.81. The van der Waals surface area contributed by atoms with Crippen LogP contribution in [0.2, 0.25) is 0 Å². The van der Waals surface area contributed by atoms with Gasteiger partial charge in [-0.3, -0.25) is 4.79 Å². The minimum atomic E-state index is -0.435. The van der Waals surface area contributed by atoms with Crippen molar-refractivity contribution in [2.45, 2.75) is 57.4 Å². The molecule has 2 nitrogen and oxygen atoms in total. The van der Waals surface area contributed by atoms with E-state index in [9.17, 15) is 4.79 Å². The summed E-state index contributed by atoms with van der Waals surface area (Å²) in [4.78, 5) is 11.6. The van der Waals surface area contributed by atoms with Crippen LogP contribution in [0.1, 0.15) is 51.9 Å². The van der Waals surface area contributed by atoms with E-state index in [2.05, 4.69) is 6.92 Å². The molecule has 1 fully saturated rings. The van der Waals surface area contributed by atoms with Crippen LogP contribution in [0, 0.1) is 0 Å². The number of ketones is 1. The first-order valence-electron chi connectivity index (χ1n) is 5.01. The Morgan fingerprint density at radius 3 is 2.50 bits per heavy atom. The van der Waals surface area contributed by atoms with Gasteiger partial charge in [-0.1, -0.05) is 26.2 Å². The standard InChI is InChI=1S/C10H19NO/c1-2-3-6-9(12)10(11)7-4-5-8-10/h2-8,11H2,1H3. The Kier molecular flexibility index (Phi) is 3.27. The number of hydrogen-bond acceptors (Lipinski definition) is 2. The summed E-state index contributed by atoms with van der Waals surface area (Å²) in [5.41, 5.74) is 5.56. The van der Waals surface area contributed by atoms with E-state index in [1.54, 1.807) is 0 Å². The van der Waals surface area contributed by atoms with Gasteiger partial charge in [0.1, 0.15) is 0 Å². The van der Waals surface area contributed by atoms with E-state index in [4.69, 9.17) is 5.73 Å². The van der Waals surface area contributed by atoms with Gasteiger partial charge in [-0.2, -0.15) is 0 Å². The molecule has 70 valence electrons. The van der Waals surface area contributed by atoms with E-state index >= 15 is 0 Å². The van der Waals surface area contributed by atoms with Crippen LogP contribution in [0.5, 0.6) is 0 Å². The summed E-state index contributed by atoms with van der Waals surface area (Å²) in [6, 6.07) is 0. The summed E-state index contributed by atoms with van der Waals surface area (Å²) in [7, 11) is 0. The van der Waals surface area contributed by atoms with Crippen molar-refractivity contribution in [3.05, 3.63) is 0 Å². The quantitative estimate of drug-likeness (QED) is 0.699. The van der Waals surface area contributed by atoms with E-state index in [1.165, 1.54) is 0 Å². The zero-order valence-electron chi connectivity index (χ0n) is 7.94. The minimum Gasteiger partial charge on any atom is -0.319 e. The third kappa shape index (κ3) is 2.07. The molecule has 0 heterocycles. The second-order valence-corrected chi connectivity index (χ2v) is 3.89. The molecule has 0 saturated heterocycles. The molecule has 2 heteroatoms. The molecule has 0 unspecified atom stereocenters.